The number of esters is 1. The maximum absolute atomic E-state index is 13.0. The minimum absolute atomic E-state index is 0.113. The molecule has 0 saturated heterocycles. The molecule has 0 aromatic heterocycles. The maximum atomic E-state index is 13.0. The van der Waals surface area contributed by atoms with Crippen LogP contribution < -0.4 is 9.47 Å². The molecule has 0 unspecified atom stereocenters. The zero-order chi connectivity index (χ0) is 18.5. The summed E-state index contributed by atoms with van der Waals surface area (Å²) in [6.45, 7) is 3.30. The van der Waals surface area contributed by atoms with E-state index in [1.54, 1.807) is 24.3 Å². The average Bonchev–Trinajstić information content (AvgIpc) is 2.95. The number of fused-ring (bicyclic) bond motifs is 1. The topological polar surface area (TPSA) is 61.8 Å². The summed E-state index contributed by atoms with van der Waals surface area (Å²) in [5.74, 6) is -0.326. The molecule has 3 rings (SSSR count). The van der Waals surface area contributed by atoms with Gasteiger partial charge in [0.15, 0.2) is 12.4 Å². The van der Waals surface area contributed by atoms with Gasteiger partial charge in [0.05, 0.1) is 5.56 Å². The highest BCUT2D eigenvalue weighted by atomic mass is 19.1. The van der Waals surface area contributed by atoms with Crippen molar-refractivity contribution in [3.63, 3.8) is 0 Å². The fourth-order valence-electron chi connectivity index (χ4n) is 2.30. The first-order valence-corrected chi connectivity index (χ1v) is 7.80. The molecule has 1 aliphatic rings. The Balaban J connectivity index is 1.70. The van der Waals surface area contributed by atoms with E-state index < -0.39 is 5.97 Å². The summed E-state index contributed by atoms with van der Waals surface area (Å²) in [6, 6.07) is 10.4. The summed E-state index contributed by atoms with van der Waals surface area (Å²) in [4.78, 5) is 23.8. The summed E-state index contributed by atoms with van der Waals surface area (Å²) in [6.07, 6.45) is 3.00. The lowest BCUT2D eigenvalue weighted by Gasteiger charge is -2.06. The molecule has 0 radical (unpaired) electrons. The minimum Gasteiger partial charge on any atom is -0.482 e. The summed E-state index contributed by atoms with van der Waals surface area (Å²) in [5.41, 5.74) is 1.03. The van der Waals surface area contributed by atoms with Crippen LogP contribution in [-0.4, -0.2) is 25.0 Å². The number of benzene rings is 2. The lowest BCUT2D eigenvalue weighted by molar-refractivity contribution is -0.144. The number of ether oxygens (including phenoxy) is 3. The standard InChI is InChI=1S/C20H15FO5/c1-2-9-24-19(22)12-25-15-7-8-16-17(11-15)26-18(20(16)23)10-13-3-5-14(21)6-4-13/h2-8,10-11H,1,9,12H2. The number of ketones is 1. The lowest BCUT2D eigenvalue weighted by atomic mass is 10.1. The van der Waals surface area contributed by atoms with Crippen molar-refractivity contribution in [3.8, 4) is 11.5 Å². The van der Waals surface area contributed by atoms with Crippen LogP contribution in [0.3, 0.4) is 0 Å². The molecule has 0 amide bonds. The van der Waals surface area contributed by atoms with Gasteiger partial charge < -0.3 is 14.2 Å². The molecule has 0 fully saturated rings. The van der Waals surface area contributed by atoms with Crippen molar-refractivity contribution in [2.24, 2.45) is 0 Å². The van der Waals surface area contributed by atoms with Crippen LogP contribution in [0.5, 0.6) is 11.5 Å². The van der Waals surface area contributed by atoms with Gasteiger partial charge in [-0.05, 0) is 35.9 Å². The van der Waals surface area contributed by atoms with Gasteiger partial charge in [-0.3, -0.25) is 4.79 Å². The minimum atomic E-state index is -0.528. The fraction of sp³-hybridized carbons (Fsp3) is 0.100. The van der Waals surface area contributed by atoms with Gasteiger partial charge in [0.1, 0.15) is 23.9 Å². The number of carbonyl (C=O) groups is 2. The van der Waals surface area contributed by atoms with Gasteiger partial charge >= 0.3 is 5.97 Å². The van der Waals surface area contributed by atoms with Crippen LogP contribution in [0.1, 0.15) is 15.9 Å². The Labute approximate surface area is 149 Å². The molecular weight excluding hydrogens is 339 g/mol. The molecule has 2 aromatic carbocycles. The quantitative estimate of drug-likeness (QED) is 0.451. The first-order chi connectivity index (χ1) is 12.6. The predicted molar refractivity (Wildman–Crippen MR) is 92.4 cm³/mol. The molecule has 1 aliphatic heterocycles. The largest absolute Gasteiger partial charge is 0.482 e. The second-order valence-electron chi connectivity index (χ2n) is 5.41. The average molecular weight is 354 g/mol. The van der Waals surface area contributed by atoms with Crippen molar-refractivity contribution in [1.29, 1.82) is 0 Å². The first-order valence-electron chi connectivity index (χ1n) is 7.80. The van der Waals surface area contributed by atoms with Crippen LogP contribution in [0.2, 0.25) is 0 Å². The highest BCUT2D eigenvalue weighted by Crippen LogP contribution is 2.34. The smallest absolute Gasteiger partial charge is 0.344 e. The van der Waals surface area contributed by atoms with Crippen molar-refractivity contribution in [2.75, 3.05) is 13.2 Å². The van der Waals surface area contributed by atoms with Gasteiger partial charge in [-0.15, -0.1) is 0 Å². The molecule has 6 heteroatoms. The Morgan fingerprint density at radius 2 is 1.96 bits per heavy atom. The molecule has 5 nitrogen and oxygen atoms in total. The lowest BCUT2D eigenvalue weighted by Crippen LogP contribution is -2.14. The van der Waals surface area contributed by atoms with Gasteiger partial charge in [0.25, 0.3) is 0 Å². The summed E-state index contributed by atoms with van der Waals surface area (Å²) >= 11 is 0. The molecule has 0 spiro atoms. The Hall–Kier alpha value is -3.41. The Kier molecular flexibility index (Phi) is 5.12. The number of allylic oxidation sites excluding steroid dienone is 1. The maximum Gasteiger partial charge on any atom is 0.344 e. The van der Waals surface area contributed by atoms with Crippen molar-refractivity contribution < 1.29 is 28.2 Å². The molecule has 0 aliphatic carbocycles. The normalized spacial score (nSPS) is 13.9. The van der Waals surface area contributed by atoms with E-state index in [0.717, 1.165) is 0 Å². The number of carbonyl (C=O) groups excluding carboxylic acids is 2. The van der Waals surface area contributed by atoms with E-state index in [-0.39, 0.29) is 30.6 Å². The molecule has 26 heavy (non-hydrogen) atoms. The number of rotatable bonds is 6. The van der Waals surface area contributed by atoms with E-state index in [2.05, 4.69) is 6.58 Å². The molecule has 132 valence electrons. The van der Waals surface area contributed by atoms with E-state index >= 15 is 0 Å². The van der Waals surface area contributed by atoms with E-state index in [0.29, 0.717) is 22.6 Å². The molecule has 0 bridgehead atoms. The Bertz CT molecular complexity index is 884. The third-order valence-corrected chi connectivity index (χ3v) is 3.53. The van der Waals surface area contributed by atoms with Crippen molar-refractivity contribution in [1.82, 2.24) is 0 Å². The first kappa shape index (κ1) is 17.4. The summed E-state index contributed by atoms with van der Waals surface area (Å²) < 4.78 is 28.7. The van der Waals surface area contributed by atoms with Crippen LogP contribution in [0.15, 0.2) is 60.9 Å². The molecule has 2 aromatic rings. The Morgan fingerprint density at radius 3 is 2.69 bits per heavy atom. The fourth-order valence-corrected chi connectivity index (χ4v) is 2.30. The van der Waals surface area contributed by atoms with E-state index in [1.165, 1.54) is 30.4 Å². The number of hydrogen-bond acceptors (Lipinski definition) is 5. The van der Waals surface area contributed by atoms with Gasteiger partial charge in [0.2, 0.25) is 5.78 Å². The Morgan fingerprint density at radius 1 is 1.19 bits per heavy atom. The number of Topliss-reactive ketones (excluding diaryl/α,β-unsaturated/α-hetero) is 1. The third kappa shape index (κ3) is 3.97. The van der Waals surface area contributed by atoms with Crippen LogP contribution in [0, 0.1) is 5.82 Å². The van der Waals surface area contributed by atoms with E-state index in [4.69, 9.17) is 14.2 Å². The summed E-state index contributed by atoms with van der Waals surface area (Å²) in [7, 11) is 0. The van der Waals surface area contributed by atoms with Gasteiger partial charge in [-0.1, -0.05) is 24.8 Å². The molecule has 1 heterocycles. The van der Waals surface area contributed by atoms with Crippen LogP contribution in [-0.2, 0) is 9.53 Å². The third-order valence-electron chi connectivity index (χ3n) is 3.53. The van der Waals surface area contributed by atoms with Crippen molar-refractivity contribution >= 4 is 17.8 Å². The highest BCUT2D eigenvalue weighted by molar-refractivity contribution is 6.14. The van der Waals surface area contributed by atoms with Crippen LogP contribution in [0.25, 0.3) is 6.08 Å². The number of halogens is 1. The molecular formula is C20H15FO5. The van der Waals surface area contributed by atoms with Crippen molar-refractivity contribution in [3.05, 3.63) is 77.8 Å². The highest BCUT2D eigenvalue weighted by Gasteiger charge is 2.27. The molecule has 0 saturated carbocycles. The molecule has 0 N–H and O–H groups in total. The second-order valence-corrected chi connectivity index (χ2v) is 5.41. The second kappa shape index (κ2) is 7.65. The zero-order valence-electron chi connectivity index (χ0n) is 13.7. The summed E-state index contributed by atoms with van der Waals surface area (Å²) in [5, 5.41) is 0. The van der Waals surface area contributed by atoms with Crippen LogP contribution >= 0.6 is 0 Å². The molecule has 0 atom stereocenters. The predicted octanol–water partition coefficient (Wildman–Crippen LogP) is 3.55. The van der Waals surface area contributed by atoms with Gasteiger partial charge in [-0.2, -0.15) is 0 Å². The van der Waals surface area contributed by atoms with Crippen molar-refractivity contribution in [2.45, 2.75) is 0 Å². The van der Waals surface area contributed by atoms with E-state index in [1.807, 2.05) is 0 Å². The van der Waals surface area contributed by atoms with Crippen LogP contribution in [0.4, 0.5) is 4.39 Å². The SMILES string of the molecule is C=CCOC(=O)COc1ccc2c(c1)OC(=Cc1ccc(F)cc1)C2=O. The van der Waals surface area contributed by atoms with Gasteiger partial charge in [0, 0.05) is 6.07 Å². The number of hydrogen-bond donors (Lipinski definition) is 0. The van der Waals surface area contributed by atoms with Gasteiger partial charge in [-0.25, -0.2) is 9.18 Å². The van der Waals surface area contributed by atoms with E-state index in [9.17, 15) is 14.0 Å². The monoisotopic (exact) mass is 354 g/mol. The zero-order valence-corrected chi connectivity index (χ0v) is 13.7.